The molecule has 144 valence electrons. The van der Waals surface area contributed by atoms with Crippen molar-refractivity contribution in [3.05, 3.63) is 34.8 Å². The van der Waals surface area contributed by atoms with Crippen molar-refractivity contribution in [1.82, 2.24) is 15.1 Å². The van der Waals surface area contributed by atoms with Crippen molar-refractivity contribution in [3.63, 3.8) is 0 Å². The molecule has 2 heterocycles. The third kappa shape index (κ3) is 5.48. The largest absolute Gasteiger partial charge is 0.378 e. The molecule has 1 aliphatic rings. The number of anilines is 2. The number of benzene rings is 1. The van der Waals surface area contributed by atoms with Gasteiger partial charge in [-0.2, -0.15) is 0 Å². The van der Waals surface area contributed by atoms with E-state index in [9.17, 15) is 9.59 Å². The number of carbonyl (C=O) groups excluding carboxylic acids is 2. The quantitative estimate of drug-likeness (QED) is 0.820. The van der Waals surface area contributed by atoms with Crippen LogP contribution in [0.3, 0.4) is 0 Å². The minimum atomic E-state index is -0.256. The number of nitrogens with one attached hydrogen (secondary N) is 2. The van der Waals surface area contributed by atoms with E-state index in [1.54, 1.807) is 29.2 Å². The zero-order chi connectivity index (χ0) is 19.2. The van der Waals surface area contributed by atoms with Gasteiger partial charge >= 0.3 is 6.03 Å². The number of rotatable bonds is 5. The number of morpholine rings is 1. The normalized spacial score (nSPS) is 14.3. The number of hydrogen-bond acceptors (Lipinski definition) is 6. The first kappa shape index (κ1) is 19.2. The van der Waals surface area contributed by atoms with Gasteiger partial charge in [-0.15, -0.1) is 10.2 Å². The van der Waals surface area contributed by atoms with Crippen molar-refractivity contribution < 1.29 is 14.3 Å². The van der Waals surface area contributed by atoms with Crippen LogP contribution in [0.2, 0.25) is 0 Å². The average Bonchev–Trinajstić information content (AvgIpc) is 3.09. The molecular weight excluding hydrogens is 366 g/mol. The summed E-state index contributed by atoms with van der Waals surface area (Å²) in [5.74, 6) is 0.232. The number of urea groups is 1. The van der Waals surface area contributed by atoms with Gasteiger partial charge in [-0.05, 0) is 30.2 Å². The lowest BCUT2D eigenvalue weighted by Gasteiger charge is -2.26. The molecule has 0 spiro atoms. The summed E-state index contributed by atoms with van der Waals surface area (Å²) in [7, 11) is 0. The summed E-state index contributed by atoms with van der Waals surface area (Å²) in [6.07, 6.45) is 0.838. The van der Waals surface area contributed by atoms with E-state index in [2.05, 4.69) is 34.7 Å². The third-order valence-electron chi connectivity index (χ3n) is 3.97. The predicted octanol–water partition coefficient (Wildman–Crippen LogP) is 2.85. The molecule has 2 N–H and O–H groups in total. The zero-order valence-electron chi connectivity index (χ0n) is 15.4. The van der Waals surface area contributed by atoms with Gasteiger partial charge < -0.3 is 15.0 Å². The van der Waals surface area contributed by atoms with E-state index >= 15 is 0 Å². The molecule has 0 atom stereocenters. The Balaban J connectivity index is 1.55. The second-order valence-electron chi connectivity index (χ2n) is 6.66. The lowest BCUT2D eigenvalue weighted by molar-refractivity contribution is 0.0564. The van der Waals surface area contributed by atoms with Gasteiger partial charge in [-0.1, -0.05) is 25.2 Å². The summed E-state index contributed by atoms with van der Waals surface area (Å²) in [6, 6.07) is 6.58. The van der Waals surface area contributed by atoms with E-state index in [-0.39, 0.29) is 11.9 Å². The summed E-state index contributed by atoms with van der Waals surface area (Å²) in [5.41, 5.74) is 1.12. The Morgan fingerprint density at radius 3 is 2.52 bits per heavy atom. The topological polar surface area (TPSA) is 96.4 Å². The summed E-state index contributed by atoms with van der Waals surface area (Å²) in [4.78, 5) is 26.2. The highest BCUT2D eigenvalue weighted by atomic mass is 32.1. The third-order valence-corrected chi connectivity index (χ3v) is 4.83. The van der Waals surface area contributed by atoms with Crippen LogP contribution in [0.25, 0.3) is 0 Å². The number of amides is 3. The fourth-order valence-electron chi connectivity index (χ4n) is 2.58. The first-order valence-electron chi connectivity index (χ1n) is 8.88. The van der Waals surface area contributed by atoms with E-state index < -0.39 is 0 Å². The molecule has 9 heteroatoms. The fourth-order valence-corrected chi connectivity index (χ4v) is 3.53. The first-order valence-corrected chi connectivity index (χ1v) is 9.70. The Labute approximate surface area is 161 Å². The van der Waals surface area contributed by atoms with Crippen molar-refractivity contribution in [1.29, 1.82) is 0 Å². The molecule has 0 radical (unpaired) electrons. The molecule has 1 aromatic carbocycles. The molecule has 27 heavy (non-hydrogen) atoms. The van der Waals surface area contributed by atoms with Crippen LogP contribution < -0.4 is 10.6 Å². The highest BCUT2D eigenvalue weighted by Gasteiger charge is 2.17. The molecule has 3 rings (SSSR count). The van der Waals surface area contributed by atoms with Crippen molar-refractivity contribution in [2.75, 3.05) is 36.9 Å². The minimum Gasteiger partial charge on any atom is -0.378 e. The number of nitrogens with zero attached hydrogens (tertiary/aromatic N) is 3. The van der Waals surface area contributed by atoms with Crippen LogP contribution in [0.1, 0.15) is 29.2 Å². The molecule has 2 aromatic rings. The zero-order valence-corrected chi connectivity index (χ0v) is 16.2. The maximum Gasteiger partial charge on any atom is 0.321 e. The van der Waals surface area contributed by atoms with Crippen molar-refractivity contribution >= 4 is 34.1 Å². The molecule has 1 aromatic heterocycles. The highest BCUT2D eigenvalue weighted by Crippen LogP contribution is 2.19. The molecule has 3 amide bonds. The van der Waals surface area contributed by atoms with Gasteiger partial charge in [0.05, 0.1) is 13.2 Å². The Kier molecular flexibility index (Phi) is 6.36. The van der Waals surface area contributed by atoms with Gasteiger partial charge in [-0.25, -0.2) is 4.79 Å². The van der Waals surface area contributed by atoms with Crippen molar-refractivity contribution in [3.8, 4) is 0 Å². The lowest BCUT2D eigenvalue weighted by Crippen LogP contribution is -2.43. The molecule has 1 aliphatic heterocycles. The predicted molar refractivity (Wildman–Crippen MR) is 104 cm³/mol. The van der Waals surface area contributed by atoms with Gasteiger partial charge in [0.2, 0.25) is 5.13 Å². The lowest BCUT2D eigenvalue weighted by atomic mass is 10.1. The SMILES string of the molecule is CC(C)Cc1nnc(NC(=O)c2ccc(NC(=O)N3CCOCC3)cc2)s1. The van der Waals surface area contributed by atoms with E-state index in [0.29, 0.717) is 48.6 Å². The van der Waals surface area contributed by atoms with Gasteiger partial charge in [-0.3, -0.25) is 10.1 Å². The van der Waals surface area contributed by atoms with Crippen LogP contribution in [-0.4, -0.2) is 53.3 Å². The van der Waals surface area contributed by atoms with Gasteiger partial charge in [0.1, 0.15) is 5.01 Å². The van der Waals surface area contributed by atoms with Crippen LogP contribution in [0.4, 0.5) is 15.6 Å². The monoisotopic (exact) mass is 389 g/mol. The van der Waals surface area contributed by atoms with Crippen LogP contribution in [0.15, 0.2) is 24.3 Å². The van der Waals surface area contributed by atoms with E-state index in [0.717, 1.165) is 11.4 Å². The number of aromatic nitrogens is 2. The second kappa shape index (κ2) is 8.92. The molecule has 8 nitrogen and oxygen atoms in total. The Hall–Kier alpha value is -2.52. The van der Waals surface area contributed by atoms with E-state index in [1.807, 2.05) is 0 Å². The Morgan fingerprint density at radius 2 is 1.85 bits per heavy atom. The van der Waals surface area contributed by atoms with Gasteiger partial charge in [0.25, 0.3) is 5.91 Å². The van der Waals surface area contributed by atoms with E-state index in [1.165, 1.54) is 11.3 Å². The van der Waals surface area contributed by atoms with Crippen LogP contribution in [0.5, 0.6) is 0 Å². The number of carbonyl (C=O) groups is 2. The van der Waals surface area contributed by atoms with Crippen LogP contribution in [-0.2, 0) is 11.2 Å². The Morgan fingerprint density at radius 1 is 1.15 bits per heavy atom. The van der Waals surface area contributed by atoms with Gasteiger partial charge in [0, 0.05) is 30.8 Å². The molecule has 1 saturated heterocycles. The van der Waals surface area contributed by atoms with E-state index in [4.69, 9.17) is 4.74 Å². The molecule has 0 bridgehead atoms. The maximum atomic E-state index is 12.3. The Bertz CT molecular complexity index is 785. The molecule has 0 unspecified atom stereocenters. The van der Waals surface area contributed by atoms with Crippen LogP contribution in [0, 0.1) is 5.92 Å². The fraction of sp³-hybridized carbons (Fsp3) is 0.444. The highest BCUT2D eigenvalue weighted by molar-refractivity contribution is 7.15. The number of ether oxygens (including phenoxy) is 1. The minimum absolute atomic E-state index is 0.165. The maximum absolute atomic E-state index is 12.3. The molecule has 0 saturated carbocycles. The number of hydrogen-bond donors (Lipinski definition) is 2. The summed E-state index contributed by atoms with van der Waals surface area (Å²) in [5, 5.41) is 15.1. The van der Waals surface area contributed by atoms with Crippen molar-refractivity contribution in [2.24, 2.45) is 5.92 Å². The van der Waals surface area contributed by atoms with Crippen LogP contribution >= 0.6 is 11.3 Å². The average molecular weight is 389 g/mol. The molecular formula is C18H23N5O3S. The van der Waals surface area contributed by atoms with Gasteiger partial charge in [0.15, 0.2) is 0 Å². The first-order chi connectivity index (χ1) is 13.0. The standard InChI is InChI=1S/C18H23N5O3S/c1-12(2)11-15-21-22-17(27-15)20-16(24)13-3-5-14(6-4-13)19-18(25)23-7-9-26-10-8-23/h3-6,12H,7-11H2,1-2H3,(H,19,25)(H,20,22,24). The van der Waals surface area contributed by atoms with Crippen molar-refractivity contribution in [2.45, 2.75) is 20.3 Å². The summed E-state index contributed by atoms with van der Waals surface area (Å²) in [6.45, 7) is 6.48. The molecule has 1 fully saturated rings. The molecule has 0 aliphatic carbocycles. The smallest absolute Gasteiger partial charge is 0.321 e. The second-order valence-corrected chi connectivity index (χ2v) is 7.72. The summed E-state index contributed by atoms with van der Waals surface area (Å²) < 4.78 is 5.24. The summed E-state index contributed by atoms with van der Waals surface area (Å²) >= 11 is 1.38.